The van der Waals surface area contributed by atoms with E-state index in [9.17, 15) is 43.2 Å². The molecule has 0 fully saturated rings. The average molecular weight is 1450 g/mol. The number of carbonyl (C=O) groups excluding carboxylic acids is 4. The maximum Gasteiger partial charge on any atom is 0.472 e. The molecule has 0 rings (SSSR count). The van der Waals surface area contributed by atoms with Crippen molar-refractivity contribution in [2.75, 3.05) is 39.6 Å². The number of hydrogen-bond donors (Lipinski definition) is 3. The van der Waals surface area contributed by atoms with E-state index in [-0.39, 0.29) is 25.7 Å². The van der Waals surface area contributed by atoms with Crippen molar-refractivity contribution in [1.29, 1.82) is 0 Å². The Balaban J connectivity index is 5.20. The molecule has 0 bridgehead atoms. The Morgan fingerprint density at radius 1 is 0.283 bits per heavy atom. The van der Waals surface area contributed by atoms with Crippen molar-refractivity contribution < 1.29 is 80.2 Å². The molecule has 17 nitrogen and oxygen atoms in total. The summed E-state index contributed by atoms with van der Waals surface area (Å²) in [4.78, 5) is 73.0. The van der Waals surface area contributed by atoms with E-state index in [1.807, 2.05) is 0 Å². The molecule has 99 heavy (non-hydrogen) atoms. The fourth-order valence-electron chi connectivity index (χ4n) is 12.2. The van der Waals surface area contributed by atoms with Gasteiger partial charge in [-0.25, -0.2) is 9.13 Å². The number of unbranched alkanes of at least 4 members (excludes halogenated alkanes) is 41. The van der Waals surface area contributed by atoms with Gasteiger partial charge in [-0.05, 0) is 49.4 Å². The molecule has 0 aromatic rings. The quantitative estimate of drug-likeness (QED) is 0.0222. The highest BCUT2D eigenvalue weighted by Crippen LogP contribution is 2.45. The van der Waals surface area contributed by atoms with Crippen LogP contribution in [0.25, 0.3) is 0 Å². The van der Waals surface area contributed by atoms with Crippen LogP contribution >= 0.6 is 15.6 Å². The molecule has 0 amide bonds. The highest BCUT2D eigenvalue weighted by molar-refractivity contribution is 7.47. The van der Waals surface area contributed by atoms with Crippen LogP contribution in [0.4, 0.5) is 0 Å². The molecule has 0 aliphatic carbocycles. The lowest BCUT2D eigenvalue weighted by Gasteiger charge is -2.21. The van der Waals surface area contributed by atoms with Crippen LogP contribution in [-0.4, -0.2) is 96.7 Å². The molecule has 0 saturated carbocycles. The first-order chi connectivity index (χ1) is 47.7. The van der Waals surface area contributed by atoms with E-state index in [4.69, 9.17) is 37.0 Å². The van der Waals surface area contributed by atoms with Gasteiger partial charge in [-0.2, -0.15) is 0 Å². The molecule has 7 atom stereocenters. The number of aliphatic hydroxyl groups is 1. The van der Waals surface area contributed by atoms with Gasteiger partial charge < -0.3 is 33.8 Å². The number of esters is 4. The Morgan fingerprint density at radius 2 is 0.485 bits per heavy atom. The third-order valence-corrected chi connectivity index (χ3v) is 21.2. The van der Waals surface area contributed by atoms with Crippen LogP contribution in [0, 0.1) is 23.7 Å². The molecule has 0 radical (unpaired) electrons. The minimum Gasteiger partial charge on any atom is -0.462 e. The molecule has 0 aliphatic rings. The second-order valence-electron chi connectivity index (χ2n) is 30.2. The topological polar surface area (TPSA) is 237 Å². The summed E-state index contributed by atoms with van der Waals surface area (Å²) < 4.78 is 68.7. The van der Waals surface area contributed by atoms with Crippen molar-refractivity contribution in [2.45, 2.75) is 427 Å². The summed E-state index contributed by atoms with van der Waals surface area (Å²) in [6.07, 6.45) is 55.5. The van der Waals surface area contributed by atoms with Gasteiger partial charge in [-0.1, -0.05) is 357 Å². The van der Waals surface area contributed by atoms with Crippen molar-refractivity contribution in [1.82, 2.24) is 0 Å². The number of phosphoric ester groups is 2. The van der Waals surface area contributed by atoms with E-state index in [2.05, 4.69) is 55.4 Å². The number of aliphatic hydroxyl groups excluding tert-OH is 1. The Hall–Kier alpha value is -1.94. The van der Waals surface area contributed by atoms with Gasteiger partial charge >= 0.3 is 39.5 Å². The Kier molecular flexibility index (Phi) is 67.8. The molecule has 588 valence electrons. The van der Waals surface area contributed by atoms with Gasteiger partial charge in [0.15, 0.2) is 12.2 Å². The van der Waals surface area contributed by atoms with Crippen molar-refractivity contribution in [3.05, 3.63) is 0 Å². The third-order valence-electron chi connectivity index (χ3n) is 19.3. The van der Waals surface area contributed by atoms with Crippen LogP contribution in [0.2, 0.25) is 0 Å². The summed E-state index contributed by atoms with van der Waals surface area (Å²) in [6, 6.07) is 0. The van der Waals surface area contributed by atoms with Gasteiger partial charge in [-0.3, -0.25) is 37.3 Å². The maximum absolute atomic E-state index is 13.1. The van der Waals surface area contributed by atoms with Crippen molar-refractivity contribution in [3.63, 3.8) is 0 Å². The highest BCUT2D eigenvalue weighted by Gasteiger charge is 2.30. The lowest BCUT2D eigenvalue weighted by Crippen LogP contribution is -2.30. The predicted molar refractivity (Wildman–Crippen MR) is 404 cm³/mol. The minimum absolute atomic E-state index is 0.105. The lowest BCUT2D eigenvalue weighted by atomic mass is 9.99. The monoisotopic (exact) mass is 1450 g/mol. The lowest BCUT2D eigenvalue weighted by molar-refractivity contribution is -0.161. The summed E-state index contributed by atoms with van der Waals surface area (Å²) in [6.45, 7) is 14.2. The van der Waals surface area contributed by atoms with Crippen molar-refractivity contribution in [3.8, 4) is 0 Å². The average Bonchev–Trinajstić information content (AvgIpc) is 1.01. The zero-order valence-corrected chi connectivity index (χ0v) is 66.9. The van der Waals surface area contributed by atoms with E-state index in [0.717, 1.165) is 120 Å². The SMILES string of the molecule is CCC(C)CCCCCCCCCCC(=O)O[C@H](COC(=O)CCCCCCCCCCCCCCCCCC(C)C)COP(=O)(O)OC[C@@H](O)COP(=O)(O)OC[C@@H](COC(=O)CCCCCCCCC(C)CC)OC(=O)CCCCCCCCCCCCCCCCCCC(C)C. The molecule has 0 aromatic carbocycles. The second kappa shape index (κ2) is 69.1. The zero-order valence-electron chi connectivity index (χ0n) is 65.1. The van der Waals surface area contributed by atoms with Crippen molar-refractivity contribution in [2.24, 2.45) is 23.7 Å². The first-order valence-corrected chi connectivity index (χ1v) is 44.3. The second-order valence-corrected chi connectivity index (χ2v) is 33.1. The van der Waals surface area contributed by atoms with Crippen LogP contribution in [0.15, 0.2) is 0 Å². The van der Waals surface area contributed by atoms with Crippen LogP contribution < -0.4 is 0 Å². The molecule has 0 aliphatic heterocycles. The van der Waals surface area contributed by atoms with Crippen molar-refractivity contribution >= 4 is 39.5 Å². The smallest absolute Gasteiger partial charge is 0.462 e. The number of hydrogen-bond acceptors (Lipinski definition) is 15. The predicted octanol–water partition coefficient (Wildman–Crippen LogP) is 23.6. The molecule has 0 aromatic heterocycles. The fraction of sp³-hybridized carbons (Fsp3) is 0.950. The van der Waals surface area contributed by atoms with Gasteiger partial charge in [0.25, 0.3) is 0 Å². The maximum atomic E-state index is 13.1. The normalized spacial score (nSPS) is 14.6. The molecular formula is C80H156O17P2. The summed E-state index contributed by atoms with van der Waals surface area (Å²) in [5, 5.41) is 10.6. The summed E-state index contributed by atoms with van der Waals surface area (Å²) in [5.74, 6) is 0.998. The highest BCUT2D eigenvalue weighted by atomic mass is 31.2. The Labute approximate surface area is 607 Å². The number of carbonyl (C=O) groups is 4. The van der Waals surface area contributed by atoms with Crippen LogP contribution in [-0.2, 0) is 65.4 Å². The van der Waals surface area contributed by atoms with E-state index < -0.39 is 97.5 Å². The van der Waals surface area contributed by atoms with E-state index in [0.29, 0.717) is 25.7 Å². The standard InChI is InChI=1S/C80H156O17P2/c1-9-72(7)58-50-42-34-30-31-37-47-55-63-80(85)97-75(66-90-77(82)60-52-44-35-28-24-20-17-13-15-19-23-27-33-41-49-57-71(5)6)68-94-98(86,87)92-64-74(81)65-93-99(88,89)95-69-76(67-91-78(83)61-53-45-39-38-43-51-59-73(8)10-2)96-79(84)62-54-46-36-29-25-21-16-12-11-14-18-22-26-32-40-48-56-70(3)4/h70-76,81H,9-69H2,1-8H3,(H,86,87)(H,88,89)/t72?,73?,74-,75-,76-/m1/s1. The minimum atomic E-state index is -4.96. The van der Waals surface area contributed by atoms with E-state index in [1.165, 1.54) is 205 Å². The van der Waals surface area contributed by atoms with E-state index >= 15 is 0 Å². The van der Waals surface area contributed by atoms with Gasteiger partial charge in [0, 0.05) is 25.7 Å². The van der Waals surface area contributed by atoms with Gasteiger partial charge in [0.05, 0.1) is 26.4 Å². The first kappa shape index (κ1) is 97.1. The van der Waals surface area contributed by atoms with Crippen LogP contribution in [0.5, 0.6) is 0 Å². The molecule has 19 heteroatoms. The molecular weight excluding hydrogens is 1290 g/mol. The summed E-state index contributed by atoms with van der Waals surface area (Å²) in [7, 11) is -9.92. The van der Waals surface area contributed by atoms with Gasteiger partial charge in [0.2, 0.25) is 0 Å². The Bertz CT molecular complexity index is 1940. The van der Waals surface area contributed by atoms with E-state index in [1.54, 1.807) is 0 Å². The molecule has 0 saturated heterocycles. The number of phosphoric acid groups is 2. The number of ether oxygens (including phenoxy) is 4. The molecule has 3 N–H and O–H groups in total. The fourth-order valence-corrected chi connectivity index (χ4v) is 13.8. The summed E-state index contributed by atoms with van der Waals surface area (Å²) >= 11 is 0. The third kappa shape index (κ3) is 71.5. The molecule has 0 heterocycles. The molecule has 0 spiro atoms. The first-order valence-electron chi connectivity index (χ1n) is 41.3. The Morgan fingerprint density at radius 3 is 0.717 bits per heavy atom. The van der Waals surface area contributed by atoms with Gasteiger partial charge in [0.1, 0.15) is 19.3 Å². The number of rotatable bonds is 77. The summed E-state index contributed by atoms with van der Waals surface area (Å²) in [5.41, 5.74) is 0. The van der Waals surface area contributed by atoms with Gasteiger partial charge in [-0.15, -0.1) is 0 Å². The molecule has 4 unspecified atom stereocenters. The van der Waals surface area contributed by atoms with Crippen LogP contribution in [0.1, 0.15) is 409 Å². The largest absolute Gasteiger partial charge is 0.472 e. The van der Waals surface area contributed by atoms with Crippen LogP contribution in [0.3, 0.4) is 0 Å². The zero-order chi connectivity index (χ0) is 73.1.